The van der Waals surface area contributed by atoms with E-state index in [-0.39, 0.29) is 0 Å². The summed E-state index contributed by atoms with van der Waals surface area (Å²) in [6.07, 6.45) is 1.86. The van der Waals surface area contributed by atoms with E-state index in [2.05, 4.69) is 10.3 Å². The van der Waals surface area contributed by atoms with Gasteiger partial charge in [0.15, 0.2) is 11.5 Å². The van der Waals surface area contributed by atoms with Gasteiger partial charge in [-0.05, 0) is 38.6 Å². The van der Waals surface area contributed by atoms with Gasteiger partial charge in [0.25, 0.3) is 0 Å². The first kappa shape index (κ1) is 14.8. The highest BCUT2D eigenvalue weighted by atomic mass is 32.1. The lowest BCUT2D eigenvalue weighted by atomic mass is 10.2. The van der Waals surface area contributed by atoms with Gasteiger partial charge in [-0.2, -0.15) is 0 Å². The Bertz CT molecular complexity index is 555. The monoisotopic (exact) mass is 292 g/mol. The molecule has 0 fully saturated rings. The van der Waals surface area contributed by atoms with Gasteiger partial charge in [0, 0.05) is 12.7 Å². The van der Waals surface area contributed by atoms with Crippen LogP contribution in [0.5, 0.6) is 11.5 Å². The second kappa shape index (κ2) is 7.26. The summed E-state index contributed by atoms with van der Waals surface area (Å²) < 4.78 is 11.5. The normalized spacial score (nSPS) is 10.6. The molecule has 4 nitrogen and oxygen atoms in total. The van der Waals surface area contributed by atoms with E-state index in [0.29, 0.717) is 13.2 Å². The number of aryl methyl sites for hydroxylation is 1. The largest absolute Gasteiger partial charge is 0.490 e. The summed E-state index contributed by atoms with van der Waals surface area (Å²) in [4.78, 5) is 5.34. The quantitative estimate of drug-likeness (QED) is 0.851. The summed E-state index contributed by atoms with van der Waals surface area (Å²) in [5.74, 6) is 1.57. The van der Waals surface area contributed by atoms with Crippen LogP contribution in [0.1, 0.15) is 22.4 Å². The molecule has 1 aromatic carbocycles. The first-order valence-electron chi connectivity index (χ1n) is 6.67. The molecule has 0 aliphatic rings. The van der Waals surface area contributed by atoms with Crippen LogP contribution in [0.3, 0.4) is 0 Å². The maximum absolute atomic E-state index is 5.85. The molecule has 0 amide bonds. The molecule has 0 aliphatic carbocycles. The van der Waals surface area contributed by atoms with Crippen LogP contribution in [0.2, 0.25) is 0 Å². The molecule has 1 aromatic heterocycles. The molecule has 0 unspecified atom stereocenters. The van der Waals surface area contributed by atoms with E-state index in [1.807, 2.05) is 45.3 Å². The number of nitrogens with zero attached hydrogens (tertiary/aromatic N) is 1. The van der Waals surface area contributed by atoms with Gasteiger partial charge in [-0.25, -0.2) is 4.98 Å². The Morgan fingerprint density at radius 1 is 1.25 bits per heavy atom. The van der Waals surface area contributed by atoms with Gasteiger partial charge in [-0.1, -0.05) is 6.07 Å². The third-order valence-corrected chi connectivity index (χ3v) is 3.61. The Morgan fingerprint density at radius 3 is 2.75 bits per heavy atom. The molecular formula is C15H20N2O2S. The second-order valence-corrected chi connectivity index (χ2v) is 5.70. The third kappa shape index (κ3) is 3.95. The maximum atomic E-state index is 5.85. The molecule has 1 heterocycles. The van der Waals surface area contributed by atoms with E-state index < -0.39 is 0 Å². The summed E-state index contributed by atoms with van der Waals surface area (Å²) in [6.45, 7) is 5.93. The molecule has 2 rings (SSSR count). The molecule has 0 spiro atoms. The number of ether oxygens (including phenoxy) is 2. The molecule has 20 heavy (non-hydrogen) atoms. The average molecular weight is 292 g/mol. The summed E-state index contributed by atoms with van der Waals surface area (Å²) in [5.41, 5.74) is 1.18. The van der Waals surface area contributed by atoms with Crippen molar-refractivity contribution in [2.24, 2.45) is 0 Å². The highest BCUT2D eigenvalue weighted by Gasteiger charge is 2.07. The summed E-state index contributed by atoms with van der Waals surface area (Å²) in [5, 5.41) is 4.18. The van der Waals surface area contributed by atoms with Crippen molar-refractivity contribution in [3.8, 4) is 11.5 Å². The van der Waals surface area contributed by atoms with Crippen LogP contribution in [0.15, 0.2) is 24.4 Å². The van der Waals surface area contributed by atoms with Crippen LogP contribution in [-0.4, -0.2) is 18.6 Å². The standard InChI is InChI=1S/C15H20N2O2S/c1-4-18-15-7-12(8-16-3)5-6-14(15)19-10-13-9-17-11(2)20-13/h5-7,9,16H,4,8,10H2,1-3H3. The molecule has 0 radical (unpaired) electrons. The number of thiazole rings is 1. The number of hydrogen-bond donors (Lipinski definition) is 1. The predicted octanol–water partition coefficient (Wildman–Crippen LogP) is 3.15. The molecule has 2 aromatic rings. The summed E-state index contributed by atoms with van der Waals surface area (Å²) >= 11 is 1.65. The Morgan fingerprint density at radius 2 is 2.10 bits per heavy atom. The van der Waals surface area contributed by atoms with Crippen molar-refractivity contribution in [1.29, 1.82) is 0 Å². The first-order valence-corrected chi connectivity index (χ1v) is 7.49. The van der Waals surface area contributed by atoms with Crippen molar-refractivity contribution in [3.63, 3.8) is 0 Å². The van der Waals surface area contributed by atoms with Gasteiger partial charge >= 0.3 is 0 Å². The minimum absolute atomic E-state index is 0.525. The first-order chi connectivity index (χ1) is 9.72. The van der Waals surface area contributed by atoms with E-state index in [1.54, 1.807) is 11.3 Å². The third-order valence-electron chi connectivity index (χ3n) is 2.73. The Balaban J connectivity index is 2.09. The van der Waals surface area contributed by atoms with Crippen molar-refractivity contribution in [2.75, 3.05) is 13.7 Å². The van der Waals surface area contributed by atoms with Gasteiger partial charge in [0.1, 0.15) is 6.61 Å². The maximum Gasteiger partial charge on any atom is 0.161 e. The summed E-state index contributed by atoms with van der Waals surface area (Å²) in [6, 6.07) is 6.03. The van der Waals surface area contributed by atoms with Gasteiger partial charge in [-0.3, -0.25) is 0 Å². The molecule has 0 bridgehead atoms. The van der Waals surface area contributed by atoms with Crippen LogP contribution in [0, 0.1) is 6.92 Å². The van der Waals surface area contributed by atoms with E-state index in [9.17, 15) is 0 Å². The highest BCUT2D eigenvalue weighted by molar-refractivity contribution is 7.11. The Labute approximate surface area is 123 Å². The average Bonchev–Trinajstić information content (AvgIpc) is 2.84. The van der Waals surface area contributed by atoms with Crippen molar-refractivity contribution in [1.82, 2.24) is 10.3 Å². The predicted molar refractivity (Wildman–Crippen MR) is 81.6 cm³/mol. The van der Waals surface area contributed by atoms with Crippen LogP contribution < -0.4 is 14.8 Å². The molecule has 0 atom stereocenters. The van der Waals surface area contributed by atoms with Gasteiger partial charge in [-0.15, -0.1) is 11.3 Å². The van der Waals surface area contributed by atoms with E-state index in [4.69, 9.17) is 9.47 Å². The smallest absolute Gasteiger partial charge is 0.161 e. The van der Waals surface area contributed by atoms with Crippen molar-refractivity contribution in [2.45, 2.75) is 27.0 Å². The second-order valence-electron chi connectivity index (χ2n) is 4.38. The van der Waals surface area contributed by atoms with E-state index in [0.717, 1.165) is 27.9 Å². The highest BCUT2D eigenvalue weighted by Crippen LogP contribution is 2.29. The molecule has 1 N–H and O–H groups in total. The van der Waals surface area contributed by atoms with Crippen LogP contribution in [-0.2, 0) is 13.2 Å². The Hall–Kier alpha value is -1.59. The minimum atomic E-state index is 0.525. The van der Waals surface area contributed by atoms with E-state index in [1.165, 1.54) is 5.56 Å². The van der Waals surface area contributed by atoms with Gasteiger partial charge in [0.05, 0.1) is 16.5 Å². The van der Waals surface area contributed by atoms with Crippen molar-refractivity contribution < 1.29 is 9.47 Å². The van der Waals surface area contributed by atoms with Gasteiger partial charge in [0.2, 0.25) is 0 Å². The van der Waals surface area contributed by atoms with Crippen LogP contribution >= 0.6 is 11.3 Å². The molecular weight excluding hydrogens is 272 g/mol. The fraction of sp³-hybridized carbons (Fsp3) is 0.400. The topological polar surface area (TPSA) is 43.4 Å². The summed E-state index contributed by atoms with van der Waals surface area (Å²) in [7, 11) is 1.93. The Kier molecular flexibility index (Phi) is 5.38. The number of hydrogen-bond acceptors (Lipinski definition) is 5. The van der Waals surface area contributed by atoms with Gasteiger partial charge < -0.3 is 14.8 Å². The lowest BCUT2D eigenvalue weighted by Gasteiger charge is -2.12. The zero-order valence-corrected chi connectivity index (χ0v) is 12.9. The molecule has 0 saturated heterocycles. The minimum Gasteiger partial charge on any atom is -0.490 e. The molecule has 0 saturated carbocycles. The molecule has 5 heteroatoms. The van der Waals surface area contributed by atoms with E-state index >= 15 is 0 Å². The fourth-order valence-corrected chi connectivity index (χ4v) is 2.58. The number of benzene rings is 1. The fourth-order valence-electron chi connectivity index (χ4n) is 1.88. The van der Waals surface area contributed by atoms with Crippen LogP contribution in [0.25, 0.3) is 0 Å². The lowest BCUT2D eigenvalue weighted by molar-refractivity contribution is 0.271. The van der Waals surface area contributed by atoms with Crippen LogP contribution in [0.4, 0.5) is 0 Å². The lowest BCUT2D eigenvalue weighted by Crippen LogP contribution is -2.06. The number of aromatic nitrogens is 1. The molecule has 108 valence electrons. The number of rotatable bonds is 7. The SMILES string of the molecule is CCOc1cc(CNC)ccc1OCc1cnc(C)s1. The zero-order chi connectivity index (χ0) is 14.4. The van der Waals surface area contributed by atoms with Crippen molar-refractivity contribution >= 4 is 11.3 Å². The molecule has 0 aliphatic heterocycles. The zero-order valence-electron chi connectivity index (χ0n) is 12.1. The number of nitrogens with one attached hydrogen (secondary N) is 1. The van der Waals surface area contributed by atoms with Crippen molar-refractivity contribution in [3.05, 3.63) is 39.8 Å².